The second kappa shape index (κ2) is 5.44. The molecule has 0 heterocycles. The topological polar surface area (TPSA) is 21.6 Å². The van der Waals surface area contributed by atoms with Gasteiger partial charge in [0.25, 0.3) is 0 Å². The average molecular weight is 212 g/mol. The molecule has 0 spiro atoms. The monoisotopic (exact) mass is 212 g/mol. The molecule has 2 nitrogen and oxygen atoms in total. The van der Waals surface area contributed by atoms with Crippen LogP contribution in [0.2, 0.25) is 0 Å². The summed E-state index contributed by atoms with van der Waals surface area (Å²) >= 11 is 0. The van der Waals surface area contributed by atoms with E-state index in [2.05, 4.69) is 11.4 Å². The highest BCUT2D eigenvalue weighted by Crippen LogP contribution is 2.12. The van der Waals surface area contributed by atoms with E-state index in [1.807, 2.05) is 13.8 Å². The van der Waals surface area contributed by atoms with E-state index in [9.17, 15) is 8.78 Å². The lowest BCUT2D eigenvalue weighted by Gasteiger charge is -2.02. The summed E-state index contributed by atoms with van der Waals surface area (Å²) in [4.78, 5) is 4.77. The third-order valence-electron chi connectivity index (χ3n) is 1.63. The fourth-order valence-electron chi connectivity index (χ4n) is 0.904. The minimum Gasteiger partial charge on any atom is -0.391 e. The summed E-state index contributed by atoms with van der Waals surface area (Å²) in [6.07, 6.45) is 2.64. The Balaban J connectivity index is 2.55. The van der Waals surface area contributed by atoms with Gasteiger partial charge in [-0.1, -0.05) is 31.1 Å². The van der Waals surface area contributed by atoms with Crippen molar-refractivity contribution in [2.45, 2.75) is 20.5 Å². The first-order chi connectivity index (χ1) is 7.11. The SMILES string of the molecule is CC(C)/[C]=N\OCc1cccc(F)c1F. The van der Waals surface area contributed by atoms with E-state index in [1.54, 1.807) is 0 Å². The van der Waals surface area contributed by atoms with Crippen molar-refractivity contribution in [1.82, 2.24) is 0 Å². The van der Waals surface area contributed by atoms with Crippen LogP contribution < -0.4 is 0 Å². The third kappa shape index (κ3) is 3.65. The molecule has 15 heavy (non-hydrogen) atoms. The van der Waals surface area contributed by atoms with E-state index in [0.29, 0.717) is 0 Å². The molecular weight excluding hydrogens is 200 g/mol. The van der Waals surface area contributed by atoms with E-state index in [-0.39, 0.29) is 18.1 Å². The van der Waals surface area contributed by atoms with Gasteiger partial charge in [0.05, 0.1) is 0 Å². The van der Waals surface area contributed by atoms with E-state index in [4.69, 9.17) is 4.84 Å². The second-order valence-corrected chi connectivity index (χ2v) is 3.36. The minimum atomic E-state index is -0.891. The van der Waals surface area contributed by atoms with Crippen molar-refractivity contribution in [2.75, 3.05) is 0 Å². The standard InChI is InChI=1S/C11H12F2NO/c1-8(2)6-14-15-7-9-4-3-5-10(12)11(9)13/h3-5,8H,7H2,1-2H3. The van der Waals surface area contributed by atoms with Gasteiger partial charge in [0.15, 0.2) is 11.6 Å². The molecular formula is C11H12F2NO. The van der Waals surface area contributed by atoms with Crippen molar-refractivity contribution >= 4 is 6.21 Å². The van der Waals surface area contributed by atoms with Gasteiger partial charge >= 0.3 is 0 Å². The van der Waals surface area contributed by atoms with E-state index < -0.39 is 11.6 Å². The third-order valence-corrected chi connectivity index (χ3v) is 1.63. The van der Waals surface area contributed by atoms with Crippen LogP contribution in [0, 0.1) is 17.6 Å². The normalized spacial score (nSPS) is 11.3. The summed E-state index contributed by atoms with van der Waals surface area (Å²) in [5, 5.41) is 3.50. The highest BCUT2D eigenvalue weighted by atomic mass is 19.2. The van der Waals surface area contributed by atoms with Crippen LogP contribution in [-0.2, 0) is 11.4 Å². The summed E-state index contributed by atoms with van der Waals surface area (Å²) in [6.45, 7) is 3.68. The lowest BCUT2D eigenvalue weighted by atomic mass is 10.2. The van der Waals surface area contributed by atoms with Crippen LogP contribution in [0.25, 0.3) is 0 Å². The van der Waals surface area contributed by atoms with Crippen LogP contribution in [-0.4, -0.2) is 6.21 Å². The van der Waals surface area contributed by atoms with E-state index >= 15 is 0 Å². The molecule has 1 aromatic rings. The van der Waals surface area contributed by atoms with Gasteiger partial charge < -0.3 is 4.84 Å². The molecule has 81 valence electrons. The molecule has 0 saturated heterocycles. The maximum Gasteiger partial charge on any atom is 0.165 e. The molecule has 0 N–H and O–H groups in total. The Morgan fingerprint density at radius 3 is 2.80 bits per heavy atom. The molecule has 0 aliphatic rings. The highest BCUT2D eigenvalue weighted by molar-refractivity contribution is 5.58. The molecule has 0 aromatic heterocycles. The van der Waals surface area contributed by atoms with Gasteiger partial charge in [0, 0.05) is 11.5 Å². The lowest BCUT2D eigenvalue weighted by molar-refractivity contribution is 0.127. The van der Waals surface area contributed by atoms with Gasteiger partial charge in [-0.2, -0.15) is 0 Å². The van der Waals surface area contributed by atoms with Gasteiger partial charge in [-0.25, -0.2) is 8.78 Å². The summed E-state index contributed by atoms with van der Waals surface area (Å²) in [5.41, 5.74) is 0.143. The zero-order valence-electron chi connectivity index (χ0n) is 8.63. The molecule has 0 unspecified atom stereocenters. The van der Waals surface area contributed by atoms with Crippen molar-refractivity contribution in [1.29, 1.82) is 0 Å². The predicted octanol–water partition coefficient (Wildman–Crippen LogP) is 3.00. The summed E-state index contributed by atoms with van der Waals surface area (Å²) in [6, 6.07) is 3.93. The Kier molecular flexibility index (Phi) is 4.21. The Bertz CT molecular complexity index is 350. The van der Waals surface area contributed by atoms with Crippen molar-refractivity contribution < 1.29 is 13.6 Å². The smallest absolute Gasteiger partial charge is 0.165 e. The van der Waals surface area contributed by atoms with Crippen LogP contribution in [0.15, 0.2) is 23.4 Å². The van der Waals surface area contributed by atoms with Gasteiger partial charge in [0.2, 0.25) is 0 Å². The van der Waals surface area contributed by atoms with Gasteiger partial charge in [-0.15, -0.1) is 0 Å². The average Bonchev–Trinajstić information content (AvgIpc) is 2.18. The number of nitrogens with zero attached hydrogens (tertiary/aromatic N) is 1. The molecule has 0 aliphatic heterocycles. The maximum atomic E-state index is 13.1. The molecule has 1 radical (unpaired) electrons. The summed E-state index contributed by atoms with van der Waals surface area (Å²) < 4.78 is 25.8. The molecule has 0 fully saturated rings. The molecule has 0 aliphatic carbocycles. The molecule has 0 saturated carbocycles. The van der Waals surface area contributed by atoms with Crippen molar-refractivity contribution in [3.63, 3.8) is 0 Å². The number of hydrogen-bond donors (Lipinski definition) is 0. The van der Waals surface area contributed by atoms with Crippen LogP contribution in [0.3, 0.4) is 0 Å². The van der Waals surface area contributed by atoms with Gasteiger partial charge in [-0.05, 0) is 6.07 Å². The number of hydrogen-bond acceptors (Lipinski definition) is 2. The number of halogens is 2. The summed E-state index contributed by atoms with van der Waals surface area (Å²) in [7, 11) is 0. The highest BCUT2D eigenvalue weighted by Gasteiger charge is 2.07. The first kappa shape index (κ1) is 11.6. The Labute approximate surface area is 87.6 Å². The first-order valence-electron chi connectivity index (χ1n) is 4.61. The first-order valence-corrected chi connectivity index (χ1v) is 4.61. The lowest BCUT2D eigenvalue weighted by Crippen LogP contribution is -1.96. The molecule has 4 heteroatoms. The van der Waals surface area contributed by atoms with Crippen molar-refractivity contribution in [3.05, 3.63) is 35.4 Å². The number of benzene rings is 1. The Morgan fingerprint density at radius 1 is 1.40 bits per heavy atom. The fraction of sp³-hybridized carbons (Fsp3) is 0.364. The number of rotatable bonds is 4. The van der Waals surface area contributed by atoms with Crippen LogP contribution in [0.5, 0.6) is 0 Å². The van der Waals surface area contributed by atoms with Gasteiger partial charge in [0.1, 0.15) is 12.8 Å². The van der Waals surface area contributed by atoms with Crippen LogP contribution in [0.4, 0.5) is 8.78 Å². The van der Waals surface area contributed by atoms with Crippen molar-refractivity contribution in [3.8, 4) is 0 Å². The molecule has 1 rings (SSSR count). The Morgan fingerprint density at radius 2 is 2.13 bits per heavy atom. The molecule has 0 bridgehead atoms. The summed E-state index contributed by atoms with van der Waals surface area (Å²) in [5.74, 6) is -1.63. The van der Waals surface area contributed by atoms with Crippen LogP contribution in [0.1, 0.15) is 19.4 Å². The van der Waals surface area contributed by atoms with E-state index in [1.165, 1.54) is 12.1 Å². The Hall–Kier alpha value is -1.45. The maximum absolute atomic E-state index is 13.1. The quantitative estimate of drug-likeness (QED) is 0.555. The second-order valence-electron chi connectivity index (χ2n) is 3.36. The zero-order chi connectivity index (χ0) is 11.3. The minimum absolute atomic E-state index is 0.0939. The molecule has 1 aromatic carbocycles. The zero-order valence-corrected chi connectivity index (χ0v) is 8.63. The van der Waals surface area contributed by atoms with E-state index in [0.717, 1.165) is 6.07 Å². The molecule has 0 amide bonds. The fourth-order valence-corrected chi connectivity index (χ4v) is 0.904. The predicted molar refractivity (Wildman–Crippen MR) is 53.4 cm³/mol. The van der Waals surface area contributed by atoms with Gasteiger partial charge in [-0.3, -0.25) is 0 Å². The van der Waals surface area contributed by atoms with Crippen molar-refractivity contribution in [2.24, 2.45) is 11.1 Å². The largest absolute Gasteiger partial charge is 0.391 e. The van der Waals surface area contributed by atoms with Crippen LogP contribution >= 0.6 is 0 Å². The molecule has 0 atom stereocenters.